The topological polar surface area (TPSA) is 120 Å². The summed E-state index contributed by atoms with van der Waals surface area (Å²) in [5.74, 6) is -0.920. The van der Waals surface area contributed by atoms with E-state index in [4.69, 9.17) is 18.5 Å². The van der Waals surface area contributed by atoms with Gasteiger partial charge in [-0.2, -0.15) is 0 Å². The number of phosphoric acid groups is 1. The smallest absolute Gasteiger partial charge is 0.462 e. The van der Waals surface area contributed by atoms with Crippen molar-refractivity contribution < 1.29 is 37.6 Å². The molecule has 10 heteroatoms. The minimum absolute atomic E-state index is 0.0356. The molecule has 2 atom stereocenters. The number of nitrogens with one attached hydrogen (secondary N) is 1. The second-order valence-electron chi connectivity index (χ2n) is 13.5. The van der Waals surface area contributed by atoms with Gasteiger partial charge in [0, 0.05) is 19.4 Å². The molecule has 0 aliphatic heterocycles. The maximum Gasteiger partial charge on any atom is 0.472 e. The van der Waals surface area contributed by atoms with Crippen molar-refractivity contribution in [3.8, 4) is 0 Å². The lowest BCUT2D eigenvalue weighted by Gasteiger charge is -2.20. The van der Waals surface area contributed by atoms with Crippen molar-refractivity contribution in [3.05, 3.63) is 72.9 Å². The van der Waals surface area contributed by atoms with Gasteiger partial charge in [-0.25, -0.2) is 4.57 Å². The summed E-state index contributed by atoms with van der Waals surface area (Å²) in [6.07, 6.45) is 46.7. The largest absolute Gasteiger partial charge is 0.472 e. The number of likely N-dealkylation sites (N-methyl/N-ethyl adjacent to an activating group) is 1. The molecule has 54 heavy (non-hydrogen) atoms. The minimum Gasteiger partial charge on any atom is -0.462 e. The molecule has 0 spiro atoms. The highest BCUT2D eigenvalue weighted by atomic mass is 31.2. The third-order valence-corrected chi connectivity index (χ3v) is 9.28. The SMILES string of the molecule is CCCCC/C=C\C/C=C\C/C=C\CCCCC(=O)OCC(COP(=O)(O)OCCNC)OC(=O)CCC/C=C\C/C=C\C/C=C\CCCCCCCC. The summed E-state index contributed by atoms with van der Waals surface area (Å²) in [6, 6.07) is 0. The van der Waals surface area contributed by atoms with Crippen molar-refractivity contribution >= 4 is 19.8 Å². The number of unbranched alkanes of at least 4 members (excludes halogenated alkanes) is 12. The first-order valence-corrected chi connectivity index (χ1v) is 22.4. The van der Waals surface area contributed by atoms with Crippen LogP contribution in [0.2, 0.25) is 0 Å². The van der Waals surface area contributed by atoms with Gasteiger partial charge in [-0.15, -0.1) is 0 Å². The highest BCUT2D eigenvalue weighted by molar-refractivity contribution is 7.47. The molecule has 0 amide bonds. The normalized spacial score (nSPS) is 14.1. The Morgan fingerprint density at radius 2 is 1.02 bits per heavy atom. The molecule has 0 aromatic heterocycles. The molecular weight excluding hydrogens is 701 g/mol. The summed E-state index contributed by atoms with van der Waals surface area (Å²) in [5.41, 5.74) is 0. The quantitative estimate of drug-likeness (QED) is 0.0273. The number of allylic oxidation sites excluding steroid dienone is 12. The van der Waals surface area contributed by atoms with E-state index in [1.807, 2.05) is 6.08 Å². The molecule has 0 aliphatic carbocycles. The number of hydrogen-bond donors (Lipinski definition) is 2. The Morgan fingerprint density at radius 3 is 1.57 bits per heavy atom. The van der Waals surface area contributed by atoms with E-state index in [1.165, 1.54) is 57.8 Å². The molecule has 2 N–H and O–H groups in total. The molecule has 0 heterocycles. The fourth-order valence-electron chi connectivity index (χ4n) is 5.10. The Kier molecular flexibility index (Phi) is 38.2. The molecule has 2 unspecified atom stereocenters. The first kappa shape index (κ1) is 51.5. The van der Waals surface area contributed by atoms with Crippen LogP contribution >= 0.6 is 7.82 Å². The minimum atomic E-state index is -4.37. The van der Waals surface area contributed by atoms with Crippen LogP contribution in [-0.2, 0) is 32.7 Å². The van der Waals surface area contributed by atoms with Crippen molar-refractivity contribution in [2.75, 3.05) is 33.4 Å². The monoisotopic (exact) mass is 778 g/mol. The highest BCUT2D eigenvalue weighted by Crippen LogP contribution is 2.43. The molecule has 0 rings (SSSR count). The van der Waals surface area contributed by atoms with Crippen LogP contribution in [0.3, 0.4) is 0 Å². The molecule has 0 radical (unpaired) electrons. The van der Waals surface area contributed by atoms with Crippen molar-refractivity contribution in [2.24, 2.45) is 0 Å². The van der Waals surface area contributed by atoms with E-state index in [-0.39, 0.29) is 26.1 Å². The summed E-state index contributed by atoms with van der Waals surface area (Å²) in [6.45, 7) is 4.06. The molecule has 0 aromatic carbocycles. The number of carbonyl (C=O) groups is 2. The van der Waals surface area contributed by atoms with E-state index in [0.29, 0.717) is 25.8 Å². The van der Waals surface area contributed by atoms with E-state index < -0.39 is 32.5 Å². The van der Waals surface area contributed by atoms with Crippen molar-refractivity contribution in [2.45, 2.75) is 161 Å². The van der Waals surface area contributed by atoms with Crippen molar-refractivity contribution in [1.29, 1.82) is 0 Å². The van der Waals surface area contributed by atoms with Gasteiger partial charge in [-0.05, 0) is 90.5 Å². The van der Waals surface area contributed by atoms with E-state index in [2.05, 4.69) is 86.0 Å². The molecular formula is C44H76NO8P. The number of esters is 2. The number of carbonyl (C=O) groups excluding carboxylic acids is 2. The summed E-state index contributed by atoms with van der Waals surface area (Å²) in [4.78, 5) is 35.0. The fourth-order valence-corrected chi connectivity index (χ4v) is 5.85. The highest BCUT2D eigenvalue weighted by Gasteiger charge is 2.26. The van der Waals surface area contributed by atoms with E-state index in [9.17, 15) is 19.0 Å². The van der Waals surface area contributed by atoms with Crippen LogP contribution < -0.4 is 5.32 Å². The lowest BCUT2D eigenvalue weighted by Crippen LogP contribution is -2.29. The average Bonchev–Trinajstić information content (AvgIpc) is 3.15. The Labute approximate surface area is 329 Å². The zero-order valence-electron chi connectivity index (χ0n) is 34.1. The number of rotatable bonds is 38. The van der Waals surface area contributed by atoms with E-state index >= 15 is 0 Å². The van der Waals surface area contributed by atoms with Crippen molar-refractivity contribution in [3.63, 3.8) is 0 Å². The third-order valence-electron chi connectivity index (χ3n) is 8.30. The first-order valence-electron chi connectivity index (χ1n) is 20.9. The van der Waals surface area contributed by atoms with Gasteiger partial charge in [0.25, 0.3) is 0 Å². The standard InChI is InChI=1S/C44H76NO8P/c1-4-6-8-10-12-14-16-18-20-21-23-25-27-29-31-33-35-37-44(47)53-42(41-52-54(48,49)51-39-38-45-3)40-50-43(46)36-34-32-30-28-26-24-22-19-17-15-13-11-9-7-5-2/h13,15,18-20,22-23,25-26,28-29,31,42,45H,4-12,14,16-17,21,24,27,30,32-41H2,1-3H3,(H,48,49)/b15-13-,20-18-,22-19-,25-23-,28-26-,31-29-. The van der Waals surface area contributed by atoms with Gasteiger partial charge < -0.3 is 19.7 Å². The molecule has 9 nitrogen and oxygen atoms in total. The van der Waals surface area contributed by atoms with Gasteiger partial charge in [0.05, 0.1) is 13.2 Å². The molecule has 0 bridgehead atoms. The number of hydrogen-bond acceptors (Lipinski definition) is 8. The van der Waals surface area contributed by atoms with Crippen LogP contribution in [0.5, 0.6) is 0 Å². The lowest BCUT2D eigenvalue weighted by atomic mass is 10.1. The van der Waals surface area contributed by atoms with Crippen LogP contribution in [0.4, 0.5) is 0 Å². The van der Waals surface area contributed by atoms with Crippen molar-refractivity contribution in [1.82, 2.24) is 5.32 Å². The molecule has 0 aliphatic rings. The number of phosphoric ester groups is 1. The van der Waals surface area contributed by atoms with Crippen LogP contribution in [0, 0.1) is 0 Å². The zero-order chi connectivity index (χ0) is 39.6. The van der Waals surface area contributed by atoms with Gasteiger partial charge in [0.15, 0.2) is 6.10 Å². The maximum absolute atomic E-state index is 12.6. The predicted octanol–water partition coefficient (Wildman–Crippen LogP) is 11.8. The van der Waals surface area contributed by atoms with E-state index in [1.54, 1.807) is 7.05 Å². The molecule has 0 saturated carbocycles. The van der Waals surface area contributed by atoms with Gasteiger partial charge in [0.2, 0.25) is 0 Å². The fraction of sp³-hybridized carbons (Fsp3) is 0.682. The Hall–Kier alpha value is -2.55. The van der Waals surface area contributed by atoms with E-state index in [0.717, 1.165) is 51.4 Å². The van der Waals surface area contributed by atoms with Gasteiger partial charge >= 0.3 is 19.8 Å². The zero-order valence-corrected chi connectivity index (χ0v) is 35.0. The third kappa shape index (κ3) is 39.2. The molecule has 310 valence electrons. The molecule has 0 aromatic rings. The number of ether oxygens (including phenoxy) is 2. The Morgan fingerprint density at radius 1 is 0.574 bits per heavy atom. The van der Waals surface area contributed by atoms with Crippen LogP contribution in [0.25, 0.3) is 0 Å². The second kappa shape index (κ2) is 40.1. The van der Waals surface area contributed by atoms with Crippen LogP contribution in [0.1, 0.15) is 155 Å². The van der Waals surface area contributed by atoms with Gasteiger partial charge in [0.1, 0.15) is 6.61 Å². The molecule has 0 saturated heterocycles. The summed E-state index contributed by atoms with van der Waals surface area (Å²) in [5, 5.41) is 2.81. The van der Waals surface area contributed by atoms with Gasteiger partial charge in [-0.1, -0.05) is 132 Å². The average molecular weight is 778 g/mol. The van der Waals surface area contributed by atoms with Crippen LogP contribution in [-0.4, -0.2) is 56.3 Å². The lowest BCUT2D eigenvalue weighted by molar-refractivity contribution is -0.161. The summed E-state index contributed by atoms with van der Waals surface area (Å²) >= 11 is 0. The second-order valence-corrected chi connectivity index (χ2v) is 14.9. The Bertz CT molecular complexity index is 1110. The summed E-state index contributed by atoms with van der Waals surface area (Å²) in [7, 11) is -2.69. The maximum atomic E-state index is 12.6. The Balaban J connectivity index is 4.42. The predicted molar refractivity (Wildman–Crippen MR) is 224 cm³/mol. The molecule has 0 fully saturated rings. The van der Waals surface area contributed by atoms with Crippen LogP contribution in [0.15, 0.2) is 72.9 Å². The van der Waals surface area contributed by atoms with Gasteiger partial charge in [-0.3, -0.25) is 18.6 Å². The summed E-state index contributed by atoms with van der Waals surface area (Å²) < 4.78 is 33.0. The first-order chi connectivity index (χ1) is 26.3.